The smallest absolute Gasteiger partial charge is 0.255 e. The summed E-state index contributed by atoms with van der Waals surface area (Å²) in [6.45, 7) is 1.93. The molecular weight excluding hydrogens is 378 g/mol. The van der Waals surface area contributed by atoms with Gasteiger partial charge in [-0.2, -0.15) is 0 Å². The molecule has 4 rings (SSSR count). The molecule has 0 atom stereocenters. The van der Waals surface area contributed by atoms with Gasteiger partial charge in [0, 0.05) is 29.1 Å². The summed E-state index contributed by atoms with van der Waals surface area (Å²) in [6.07, 6.45) is 3.78. The lowest BCUT2D eigenvalue weighted by Crippen LogP contribution is -2.25. The Labute approximate surface area is 175 Å². The maximum atomic E-state index is 12.9. The number of carbonyl (C=O) groups excluding carboxylic acids is 2. The summed E-state index contributed by atoms with van der Waals surface area (Å²) in [4.78, 5) is 29.5. The third-order valence-corrected chi connectivity index (χ3v) is 4.98. The number of aromatic nitrogens is 1. The van der Waals surface area contributed by atoms with Gasteiger partial charge < -0.3 is 15.4 Å². The highest BCUT2D eigenvalue weighted by atomic mass is 16.5. The standard InChI is InChI=1S/C24H23N3O3/c1-15-12-17(10-11-25-15)16-4-3-5-18(13-16)24(29)27-21-14-19(6-9-22(21)30-2)23(28)26-20-7-8-20/h3-6,9-14,20H,7-8H2,1-2H3,(H,26,28)(H,27,29). The molecule has 0 spiro atoms. The number of aryl methyl sites for hydroxylation is 1. The third kappa shape index (κ3) is 4.49. The molecule has 2 N–H and O–H groups in total. The number of methoxy groups -OCH3 is 1. The Hall–Kier alpha value is -3.67. The van der Waals surface area contributed by atoms with E-state index in [1.807, 2.05) is 37.3 Å². The van der Waals surface area contributed by atoms with Crippen molar-refractivity contribution in [2.24, 2.45) is 0 Å². The Kier molecular flexibility index (Phi) is 5.48. The summed E-state index contributed by atoms with van der Waals surface area (Å²) in [5, 5.41) is 5.83. The zero-order valence-electron chi connectivity index (χ0n) is 16.9. The number of rotatable bonds is 6. The van der Waals surface area contributed by atoms with E-state index in [0.29, 0.717) is 22.6 Å². The minimum absolute atomic E-state index is 0.147. The van der Waals surface area contributed by atoms with E-state index in [4.69, 9.17) is 4.74 Å². The number of benzene rings is 2. The summed E-state index contributed by atoms with van der Waals surface area (Å²) in [6, 6.07) is 16.6. The summed E-state index contributed by atoms with van der Waals surface area (Å²) in [5.41, 5.74) is 4.28. The molecule has 1 heterocycles. The van der Waals surface area contributed by atoms with Crippen LogP contribution in [-0.4, -0.2) is 29.9 Å². The van der Waals surface area contributed by atoms with Crippen LogP contribution in [0, 0.1) is 6.92 Å². The lowest BCUT2D eigenvalue weighted by Gasteiger charge is -2.13. The van der Waals surface area contributed by atoms with Crippen LogP contribution in [0.15, 0.2) is 60.8 Å². The average molecular weight is 401 g/mol. The number of ether oxygens (including phenoxy) is 1. The highest BCUT2D eigenvalue weighted by Gasteiger charge is 2.24. The number of pyridine rings is 1. The van der Waals surface area contributed by atoms with Gasteiger partial charge in [-0.3, -0.25) is 14.6 Å². The fourth-order valence-electron chi connectivity index (χ4n) is 3.20. The molecule has 3 aromatic rings. The van der Waals surface area contributed by atoms with E-state index in [0.717, 1.165) is 29.7 Å². The lowest BCUT2D eigenvalue weighted by atomic mass is 10.0. The predicted octanol–water partition coefficient (Wildman–Crippen LogP) is 4.21. The molecule has 6 nitrogen and oxygen atoms in total. The van der Waals surface area contributed by atoms with Crippen LogP contribution in [0.3, 0.4) is 0 Å². The highest BCUT2D eigenvalue weighted by Crippen LogP contribution is 2.28. The molecular formula is C24H23N3O3. The van der Waals surface area contributed by atoms with Gasteiger partial charge in [-0.05, 0) is 73.4 Å². The van der Waals surface area contributed by atoms with Gasteiger partial charge in [0.2, 0.25) is 0 Å². The summed E-state index contributed by atoms with van der Waals surface area (Å²) < 4.78 is 5.36. The molecule has 30 heavy (non-hydrogen) atoms. The van der Waals surface area contributed by atoms with Crippen LogP contribution in [0.2, 0.25) is 0 Å². The van der Waals surface area contributed by atoms with Crippen LogP contribution >= 0.6 is 0 Å². The monoisotopic (exact) mass is 401 g/mol. The number of carbonyl (C=O) groups is 2. The molecule has 0 saturated heterocycles. The SMILES string of the molecule is COc1ccc(C(=O)NC2CC2)cc1NC(=O)c1cccc(-c2ccnc(C)c2)c1. The highest BCUT2D eigenvalue weighted by molar-refractivity contribution is 6.06. The Balaban J connectivity index is 1.57. The van der Waals surface area contributed by atoms with Gasteiger partial charge >= 0.3 is 0 Å². The van der Waals surface area contributed by atoms with Crippen LogP contribution in [0.25, 0.3) is 11.1 Å². The summed E-state index contributed by atoms with van der Waals surface area (Å²) in [5.74, 6) is 0.0682. The Morgan fingerprint density at radius 2 is 1.73 bits per heavy atom. The molecule has 1 saturated carbocycles. The van der Waals surface area contributed by atoms with Crippen molar-refractivity contribution >= 4 is 17.5 Å². The quantitative estimate of drug-likeness (QED) is 0.648. The van der Waals surface area contributed by atoms with E-state index in [2.05, 4.69) is 15.6 Å². The molecule has 1 aliphatic rings. The van der Waals surface area contributed by atoms with Gasteiger partial charge in [0.05, 0.1) is 12.8 Å². The van der Waals surface area contributed by atoms with Crippen molar-refractivity contribution in [3.8, 4) is 16.9 Å². The number of hydrogen-bond donors (Lipinski definition) is 2. The first-order chi connectivity index (χ1) is 14.5. The van der Waals surface area contributed by atoms with Crippen molar-refractivity contribution in [3.63, 3.8) is 0 Å². The molecule has 2 amide bonds. The van der Waals surface area contributed by atoms with Crippen LogP contribution in [0.1, 0.15) is 39.3 Å². The van der Waals surface area contributed by atoms with Gasteiger partial charge in [-0.15, -0.1) is 0 Å². The third-order valence-electron chi connectivity index (χ3n) is 4.98. The van der Waals surface area contributed by atoms with Crippen molar-refractivity contribution < 1.29 is 14.3 Å². The molecule has 0 bridgehead atoms. The number of amides is 2. The molecule has 0 unspecified atom stereocenters. The number of anilines is 1. The fourth-order valence-corrected chi connectivity index (χ4v) is 3.20. The van der Waals surface area contributed by atoms with E-state index < -0.39 is 0 Å². The molecule has 6 heteroatoms. The zero-order chi connectivity index (χ0) is 21.1. The molecule has 1 aliphatic carbocycles. The van der Waals surface area contributed by atoms with Gasteiger partial charge in [0.25, 0.3) is 11.8 Å². The van der Waals surface area contributed by atoms with E-state index in [9.17, 15) is 9.59 Å². The second-order valence-corrected chi connectivity index (χ2v) is 7.38. The summed E-state index contributed by atoms with van der Waals surface area (Å²) >= 11 is 0. The second kappa shape index (κ2) is 8.37. The van der Waals surface area contributed by atoms with Crippen LogP contribution in [0.4, 0.5) is 5.69 Å². The predicted molar refractivity (Wildman–Crippen MR) is 116 cm³/mol. The molecule has 1 fully saturated rings. The molecule has 0 radical (unpaired) electrons. The second-order valence-electron chi connectivity index (χ2n) is 7.38. The normalized spacial score (nSPS) is 12.9. The Bertz CT molecular complexity index is 1110. The lowest BCUT2D eigenvalue weighted by molar-refractivity contribution is 0.0949. The Morgan fingerprint density at radius 3 is 2.47 bits per heavy atom. The van der Waals surface area contributed by atoms with Crippen molar-refractivity contribution in [2.75, 3.05) is 12.4 Å². The topological polar surface area (TPSA) is 80.3 Å². The maximum absolute atomic E-state index is 12.9. The van der Waals surface area contributed by atoms with Crippen molar-refractivity contribution in [2.45, 2.75) is 25.8 Å². The minimum Gasteiger partial charge on any atom is -0.495 e. The van der Waals surface area contributed by atoms with E-state index in [1.54, 1.807) is 30.5 Å². The van der Waals surface area contributed by atoms with E-state index in [1.165, 1.54) is 7.11 Å². The number of nitrogens with zero attached hydrogens (tertiary/aromatic N) is 1. The van der Waals surface area contributed by atoms with Crippen LogP contribution in [-0.2, 0) is 0 Å². The van der Waals surface area contributed by atoms with Crippen LogP contribution in [0.5, 0.6) is 5.75 Å². The Morgan fingerprint density at radius 1 is 0.967 bits per heavy atom. The largest absolute Gasteiger partial charge is 0.495 e. The molecule has 1 aromatic heterocycles. The zero-order valence-corrected chi connectivity index (χ0v) is 16.9. The molecule has 2 aromatic carbocycles. The fraction of sp³-hybridized carbons (Fsp3) is 0.208. The van der Waals surface area contributed by atoms with Crippen molar-refractivity contribution in [1.29, 1.82) is 0 Å². The van der Waals surface area contributed by atoms with Gasteiger partial charge in [0.15, 0.2) is 0 Å². The summed E-state index contributed by atoms with van der Waals surface area (Å²) in [7, 11) is 1.53. The van der Waals surface area contributed by atoms with Gasteiger partial charge in [-0.1, -0.05) is 12.1 Å². The number of hydrogen-bond acceptors (Lipinski definition) is 4. The van der Waals surface area contributed by atoms with Crippen LogP contribution < -0.4 is 15.4 Å². The van der Waals surface area contributed by atoms with Gasteiger partial charge in [-0.25, -0.2) is 0 Å². The average Bonchev–Trinajstić information content (AvgIpc) is 3.57. The first-order valence-electron chi connectivity index (χ1n) is 9.87. The minimum atomic E-state index is -0.277. The first kappa shape index (κ1) is 19.6. The first-order valence-corrected chi connectivity index (χ1v) is 9.87. The number of nitrogens with one attached hydrogen (secondary N) is 2. The van der Waals surface area contributed by atoms with Crippen molar-refractivity contribution in [3.05, 3.63) is 77.6 Å². The van der Waals surface area contributed by atoms with Gasteiger partial charge in [0.1, 0.15) is 5.75 Å². The molecule has 0 aliphatic heterocycles. The van der Waals surface area contributed by atoms with Crippen molar-refractivity contribution in [1.82, 2.24) is 10.3 Å². The van der Waals surface area contributed by atoms with E-state index >= 15 is 0 Å². The maximum Gasteiger partial charge on any atom is 0.255 e. The molecule has 152 valence electrons. The van der Waals surface area contributed by atoms with E-state index in [-0.39, 0.29) is 17.9 Å².